The van der Waals surface area contributed by atoms with Crippen LogP contribution < -0.4 is 10.5 Å². The van der Waals surface area contributed by atoms with Gasteiger partial charge in [-0.3, -0.25) is 9.59 Å². The first-order valence-electron chi connectivity index (χ1n) is 6.65. The zero-order valence-corrected chi connectivity index (χ0v) is 11.7. The van der Waals surface area contributed by atoms with Crippen molar-refractivity contribution in [1.82, 2.24) is 9.55 Å². The monoisotopic (exact) mass is 281 g/mol. The van der Waals surface area contributed by atoms with E-state index in [0.29, 0.717) is 6.54 Å². The van der Waals surface area contributed by atoms with Gasteiger partial charge in [-0.25, -0.2) is 4.98 Å². The van der Waals surface area contributed by atoms with Crippen molar-refractivity contribution in [3.05, 3.63) is 22.7 Å². The highest BCUT2D eigenvalue weighted by atomic mass is 16.5. The van der Waals surface area contributed by atoms with Crippen LogP contribution in [0.4, 0.5) is 5.82 Å². The number of carboxylic acids is 1. The number of aromatic nitrogens is 2. The first-order valence-corrected chi connectivity index (χ1v) is 6.65. The fraction of sp³-hybridized carbons (Fsp3) is 0.615. The smallest absolute Gasteiger partial charge is 0.311 e. The summed E-state index contributed by atoms with van der Waals surface area (Å²) >= 11 is 0. The molecule has 1 saturated heterocycles. The molecule has 2 unspecified atom stereocenters. The average molecular weight is 281 g/mol. The molecule has 0 amide bonds. The third-order valence-corrected chi connectivity index (χ3v) is 3.56. The summed E-state index contributed by atoms with van der Waals surface area (Å²) in [6.45, 7) is 3.06. The summed E-state index contributed by atoms with van der Waals surface area (Å²) in [4.78, 5) is 29.2. The van der Waals surface area contributed by atoms with Crippen molar-refractivity contribution in [2.75, 3.05) is 25.2 Å². The Morgan fingerprint density at radius 3 is 3.00 bits per heavy atom. The molecule has 7 heteroatoms. The number of likely N-dealkylation sites (N-methyl/N-ethyl adjacent to an activating group) is 1. The molecule has 2 heterocycles. The minimum absolute atomic E-state index is 0.167. The van der Waals surface area contributed by atoms with Crippen LogP contribution in [0.15, 0.2) is 17.2 Å². The van der Waals surface area contributed by atoms with Gasteiger partial charge in [0.25, 0.3) is 5.56 Å². The Morgan fingerprint density at radius 2 is 2.35 bits per heavy atom. The van der Waals surface area contributed by atoms with Gasteiger partial charge in [0.05, 0.1) is 19.3 Å². The van der Waals surface area contributed by atoms with Gasteiger partial charge >= 0.3 is 5.97 Å². The molecule has 110 valence electrons. The van der Waals surface area contributed by atoms with Gasteiger partial charge in [-0.15, -0.1) is 0 Å². The largest absolute Gasteiger partial charge is 0.481 e. The normalized spacial score (nSPS) is 21.9. The third kappa shape index (κ3) is 2.67. The molecular formula is C13H19N3O4. The molecule has 20 heavy (non-hydrogen) atoms. The second-order valence-electron chi connectivity index (χ2n) is 4.91. The van der Waals surface area contributed by atoms with Crippen molar-refractivity contribution in [2.45, 2.75) is 25.9 Å². The highest BCUT2D eigenvalue weighted by Crippen LogP contribution is 2.21. The molecule has 0 spiro atoms. The number of carbonyl (C=O) groups is 1. The maximum absolute atomic E-state index is 12.3. The van der Waals surface area contributed by atoms with E-state index in [1.54, 1.807) is 28.9 Å². The quantitative estimate of drug-likeness (QED) is 0.829. The Kier molecular flexibility index (Phi) is 4.39. The number of ether oxygens (including phenoxy) is 1. The van der Waals surface area contributed by atoms with Gasteiger partial charge < -0.3 is 19.3 Å². The second-order valence-corrected chi connectivity index (χ2v) is 4.91. The van der Waals surface area contributed by atoms with Crippen LogP contribution in [0.2, 0.25) is 0 Å². The number of carboxylic acid groups (broad SMARTS) is 1. The van der Waals surface area contributed by atoms with Gasteiger partial charge in [0.15, 0.2) is 5.82 Å². The number of hydrogen-bond acceptors (Lipinski definition) is 5. The first-order chi connectivity index (χ1) is 9.56. The molecular weight excluding hydrogens is 262 g/mol. The highest BCUT2D eigenvalue weighted by Gasteiger charge is 2.38. The summed E-state index contributed by atoms with van der Waals surface area (Å²) in [7, 11) is 1.69. The van der Waals surface area contributed by atoms with E-state index in [1.807, 2.05) is 6.92 Å². The number of anilines is 1. The summed E-state index contributed by atoms with van der Waals surface area (Å²) in [6.07, 6.45) is 4.05. The molecule has 1 fully saturated rings. The van der Waals surface area contributed by atoms with Crippen LogP contribution in [0.1, 0.15) is 13.3 Å². The van der Waals surface area contributed by atoms with Gasteiger partial charge in [0.2, 0.25) is 0 Å². The lowest BCUT2D eigenvalue weighted by Crippen LogP contribution is -2.44. The van der Waals surface area contributed by atoms with Crippen LogP contribution in [0, 0.1) is 5.92 Å². The summed E-state index contributed by atoms with van der Waals surface area (Å²) in [6, 6.07) is -0.370. The fourth-order valence-corrected chi connectivity index (χ4v) is 2.41. The molecule has 2 rings (SSSR count). The summed E-state index contributed by atoms with van der Waals surface area (Å²) in [5.74, 6) is -1.28. The summed E-state index contributed by atoms with van der Waals surface area (Å²) < 4.78 is 6.82. The SMILES string of the molecule is CCCn1ccnc(N(C)C2COCC2C(=O)O)c1=O. The van der Waals surface area contributed by atoms with E-state index < -0.39 is 11.9 Å². The molecule has 1 aliphatic heterocycles. The summed E-state index contributed by atoms with van der Waals surface area (Å²) in [5, 5.41) is 9.18. The van der Waals surface area contributed by atoms with E-state index in [1.165, 1.54) is 0 Å². The van der Waals surface area contributed by atoms with Gasteiger partial charge in [0.1, 0.15) is 5.92 Å². The van der Waals surface area contributed by atoms with Gasteiger partial charge in [0, 0.05) is 26.0 Å². The van der Waals surface area contributed by atoms with Crippen molar-refractivity contribution in [1.29, 1.82) is 0 Å². The van der Waals surface area contributed by atoms with Crippen LogP contribution in [-0.2, 0) is 16.1 Å². The van der Waals surface area contributed by atoms with Crippen LogP contribution in [-0.4, -0.2) is 46.9 Å². The molecule has 1 aliphatic rings. The van der Waals surface area contributed by atoms with Crippen molar-refractivity contribution in [2.24, 2.45) is 5.92 Å². The Bertz CT molecular complexity index is 543. The molecule has 1 N–H and O–H groups in total. The minimum atomic E-state index is -0.913. The standard InChI is InChI=1S/C13H19N3O4/c1-3-5-16-6-4-14-11(12(16)17)15(2)10-8-20-7-9(10)13(18)19/h4,6,9-10H,3,5,7-8H2,1-2H3,(H,18,19). The Morgan fingerprint density at radius 1 is 1.60 bits per heavy atom. The van der Waals surface area contributed by atoms with Crippen LogP contribution >= 0.6 is 0 Å². The number of rotatable bonds is 5. The molecule has 0 bridgehead atoms. The highest BCUT2D eigenvalue weighted by molar-refractivity contribution is 5.72. The molecule has 1 aromatic heterocycles. The lowest BCUT2D eigenvalue weighted by molar-refractivity contribution is -0.141. The van der Waals surface area contributed by atoms with Gasteiger partial charge in [-0.2, -0.15) is 0 Å². The van der Waals surface area contributed by atoms with E-state index in [4.69, 9.17) is 4.74 Å². The maximum Gasteiger partial charge on any atom is 0.311 e. The number of nitrogens with zero attached hydrogens (tertiary/aromatic N) is 3. The van der Waals surface area contributed by atoms with E-state index in [9.17, 15) is 14.7 Å². The lowest BCUT2D eigenvalue weighted by atomic mass is 10.0. The maximum atomic E-state index is 12.3. The fourth-order valence-electron chi connectivity index (χ4n) is 2.41. The molecule has 1 aromatic rings. The minimum Gasteiger partial charge on any atom is -0.481 e. The van der Waals surface area contributed by atoms with Crippen LogP contribution in [0.25, 0.3) is 0 Å². The van der Waals surface area contributed by atoms with Gasteiger partial charge in [-0.05, 0) is 6.42 Å². The van der Waals surface area contributed by atoms with Crippen LogP contribution in [0.5, 0.6) is 0 Å². The molecule has 2 atom stereocenters. The van der Waals surface area contributed by atoms with E-state index >= 15 is 0 Å². The van der Waals surface area contributed by atoms with E-state index in [-0.39, 0.29) is 30.6 Å². The first kappa shape index (κ1) is 14.5. The number of aliphatic carboxylic acids is 1. The second kappa shape index (κ2) is 6.04. The molecule has 0 radical (unpaired) electrons. The Balaban J connectivity index is 2.29. The Labute approximate surface area is 116 Å². The lowest BCUT2D eigenvalue weighted by Gasteiger charge is -2.26. The molecule has 0 aliphatic carbocycles. The predicted octanol–water partition coefficient (Wildman–Crippen LogP) is 0.189. The Hall–Kier alpha value is -1.89. The number of aryl methyl sites for hydroxylation is 1. The predicted molar refractivity (Wildman–Crippen MR) is 72.9 cm³/mol. The van der Waals surface area contributed by atoms with Crippen molar-refractivity contribution in [3.63, 3.8) is 0 Å². The van der Waals surface area contributed by atoms with E-state index in [0.717, 1.165) is 6.42 Å². The molecule has 7 nitrogen and oxygen atoms in total. The van der Waals surface area contributed by atoms with Crippen molar-refractivity contribution >= 4 is 11.8 Å². The van der Waals surface area contributed by atoms with Crippen molar-refractivity contribution in [3.8, 4) is 0 Å². The summed E-state index contributed by atoms with van der Waals surface area (Å²) in [5.41, 5.74) is -0.201. The third-order valence-electron chi connectivity index (χ3n) is 3.56. The van der Waals surface area contributed by atoms with Gasteiger partial charge in [-0.1, -0.05) is 6.92 Å². The van der Waals surface area contributed by atoms with Crippen LogP contribution in [0.3, 0.4) is 0 Å². The average Bonchev–Trinajstić information content (AvgIpc) is 2.90. The molecule has 0 aromatic carbocycles. The number of hydrogen-bond donors (Lipinski definition) is 1. The zero-order chi connectivity index (χ0) is 14.7. The molecule has 0 saturated carbocycles. The topological polar surface area (TPSA) is 84.7 Å². The van der Waals surface area contributed by atoms with Crippen molar-refractivity contribution < 1.29 is 14.6 Å². The van der Waals surface area contributed by atoms with E-state index in [2.05, 4.69) is 4.98 Å². The zero-order valence-electron chi connectivity index (χ0n) is 11.7.